The van der Waals surface area contributed by atoms with Gasteiger partial charge in [0.1, 0.15) is 24.4 Å². The van der Waals surface area contributed by atoms with Crippen LogP contribution in [0.1, 0.15) is 52.9 Å². The first-order valence-corrected chi connectivity index (χ1v) is 10.3. The van der Waals surface area contributed by atoms with Gasteiger partial charge in [0.05, 0.1) is 12.7 Å². The van der Waals surface area contributed by atoms with E-state index in [2.05, 4.69) is 27.4 Å². The Morgan fingerprint density at radius 2 is 1.85 bits per heavy atom. The predicted octanol–water partition coefficient (Wildman–Crippen LogP) is 1.60. The van der Waals surface area contributed by atoms with Crippen LogP contribution in [0.4, 0.5) is 0 Å². The summed E-state index contributed by atoms with van der Waals surface area (Å²) >= 11 is 0. The van der Waals surface area contributed by atoms with Crippen molar-refractivity contribution in [3.05, 3.63) is 12.2 Å². The van der Waals surface area contributed by atoms with Gasteiger partial charge in [0.25, 0.3) is 0 Å². The highest BCUT2D eigenvalue weighted by Crippen LogP contribution is 2.56. The minimum absolute atomic E-state index is 0.0686. The summed E-state index contributed by atoms with van der Waals surface area (Å²) in [5, 5.41) is 39.5. The van der Waals surface area contributed by atoms with Crippen LogP contribution in [0.3, 0.4) is 0 Å². The van der Waals surface area contributed by atoms with Gasteiger partial charge in [0.15, 0.2) is 6.29 Å². The van der Waals surface area contributed by atoms with E-state index < -0.39 is 37.3 Å². The first kappa shape index (κ1) is 21.2. The average molecular weight is 385 g/mol. The molecule has 3 fully saturated rings. The Balaban J connectivity index is 1.66. The van der Waals surface area contributed by atoms with Crippen LogP contribution in [0.5, 0.6) is 0 Å². The summed E-state index contributed by atoms with van der Waals surface area (Å²) in [6.45, 7) is 10.5. The second-order valence-electron chi connectivity index (χ2n) is 9.36. The Kier molecular flexibility index (Phi) is 6.36. The maximum absolute atomic E-state index is 10.2. The lowest BCUT2D eigenvalue weighted by atomic mass is 9.53. The number of ether oxygens (including phenoxy) is 2. The molecule has 1 heterocycles. The molecule has 27 heavy (non-hydrogen) atoms. The van der Waals surface area contributed by atoms with Crippen molar-refractivity contribution in [2.24, 2.45) is 23.2 Å². The van der Waals surface area contributed by atoms with Crippen LogP contribution in [0.25, 0.3) is 0 Å². The fourth-order valence-electron chi connectivity index (χ4n) is 5.50. The molecular weight excluding hydrogens is 348 g/mol. The Hall–Kier alpha value is -0.500. The molecule has 6 nitrogen and oxygen atoms in total. The van der Waals surface area contributed by atoms with Crippen molar-refractivity contribution in [2.45, 2.75) is 89.7 Å². The van der Waals surface area contributed by atoms with Crippen molar-refractivity contribution >= 4 is 0 Å². The van der Waals surface area contributed by atoms with Gasteiger partial charge in [-0.25, -0.2) is 0 Å². The zero-order valence-corrected chi connectivity index (χ0v) is 16.8. The second-order valence-corrected chi connectivity index (χ2v) is 9.36. The molecule has 0 amide bonds. The summed E-state index contributed by atoms with van der Waals surface area (Å²) in [6, 6.07) is 0. The van der Waals surface area contributed by atoms with Crippen molar-refractivity contribution in [3.8, 4) is 0 Å². The highest BCUT2D eigenvalue weighted by molar-refractivity contribution is 5.06. The minimum Gasteiger partial charge on any atom is -0.394 e. The molecule has 3 aliphatic rings. The molecule has 1 aliphatic heterocycles. The van der Waals surface area contributed by atoms with E-state index in [-0.39, 0.29) is 11.5 Å². The summed E-state index contributed by atoms with van der Waals surface area (Å²) in [4.78, 5) is 0. The van der Waals surface area contributed by atoms with Crippen LogP contribution in [-0.4, -0.2) is 63.8 Å². The Labute approximate surface area is 162 Å². The molecular formula is C21H36O6. The van der Waals surface area contributed by atoms with Gasteiger partial charge in [-0.1, -0.05) is 26.0 Å². The van der Waals surface area contributed by atoms with E-state index >= 15 is 0 Å². The van der Waals surface area contributed by atoms with Crippen LogP contribution in [0.15, 0.2) is 12.2 Å². The molecule has 3 rings (SSSR count). The molecule has 6 unspecified atom stereocenters. The van der Waals surface area contributed by atoms with Crippen LogP contribution < -0.4 is 0 Å². The van der Waals surface area contributed by atoms with Gasteiger partial charge in [0.2, 0.25) is 0 Å². The predicted molar refractivity (Wildman–Crippen MR) is 101 cm³/mol. The standard InChI is InChI=1S/C21H36O6/c1-11(2)13-5-6-14-8-15(7-12(3)21(14,4)9-13)26-20-19(25)18(24)17(23)16(10-22)27-20/h12-20,22-25H,1,5-10H2,2-4H3/t12-,13-,14?,15-,16?,17?,18?,19?,20?,21+/m1/s1. The molecule has 0 aromatic heterocycles. The van der Waals surface area contributed by atoms with Crippen molar-refractivity contribution in [2.75, 3.05) is 6.61 Å². The van der Waals surface area contributed by atoms with Crippen LogP contribution in [0.2, 0.25) is 0 Å². The number of allylic oxidation sites excluding steroid dienone is 1. The third-order valence-electron chi connectivity index (χ3n) is 7.64. The molecule has 4 N–H and O–H groups in total. The number of rotatable bonds is 4. The van der Waals surface area contributed by atoms with Gasteiger partial charge >= 0.3 is 0 Å². The third-order valence-corrected chi connectivity index (χ3v) is 7.64. The second kappa shape index (κ2) is 8.09. The van der Waals surface area contributed by atoms with Gasteiger partial charge < -0.3 is 29.9 Å². The first-order valence-electron chi connectivity index (χ1n) is 10.3. The van der Waals surface area contributed by atoms with Gasteiger partial charge in [-0.05, 0) is 62.2 Å². The number of aliphatic hydroxyl groups is 4. The maximum atomic E-state index is 10.2. The fourth-order valence-corrected chi connectivity index (χ4v) is 5.50. The minimum atomic E-state index is -1.39. The largest absolute Gasteiger partial charge is 0.394 e. The lowest BCUT2D eigenvalue weighted by molar-refractivity contribution is -0.317. The molecule has 6 heteroatoms. The summed E-state index contributed by atoms with van der Waals surface area (Å²) in [6.07, 6.45) is -0.855. The molecule has 0 spiro atoms. The number of hydrogen-bond acceptors (Lipinski definition) is 6. The van der Waals surface area contributed by atoms with E-state index in [1.807, 2.05) is 0 Å². The van der Waals surface area contributed by atoms with E-state index in [0.717, 1.165) is 25.7 Å². The van der Waals surface area contributed by atoms with Gasteiger partial charge in [-0.3, -0.25) is 0 Å². The highest BCUT2D eigenvalue weighted by Gasteiger charge is 2.50. The monoisotopic (exact) mass is 384 g/mol. The molecule has 0 aromatic rings. The smallest absolute Gasteiger partial charge is 0.186 e. The fraction of sp³-hybridized carbons (Fsp3) is 0.905. The topological polar surface area (TPSA) is 99.4 Å². The SMILES string of the molecule is C=C(C)[C@@H]1CCC2C[C@H](OC3OC(CO)C(O)C(O)C3O)C[C@@H](C)[C@]2(C)C1. The van der Waals surface area contributed by atoms with E-state index in [1.54, 1.807) is 0 Å². The number of aliphatic hydroxyl groups excluding tert-OH is 4. The molecule has 0 radical (unpaired) electrons. The summed E-state index contributed by atoms with van der Waals surface area (Å²) in [7, 11) is 0. The highest BCUT2D eigenvalue weighted by atomic mass is 16.7. The van der Waals surface area contributed by atoms with Crippen LogP contribution in [0, 0.1) is 23.2 Å². The van der Waals surface area contributed by atoms with Crippen LogP contribution in [-0.2, 0) is 9.47 Å². The van der Waals surface area contributed by atoms with Gasteiger partial charge in [-0.15, -0.1) is 0 Å². The van der Waals surface area contributed by atoms with Gasteiger partial charge in [0, 0.05) is 0 Å². The average Bonchev–Trinajstić information content (AvgIpc) is 2.62. The molecule has 2 aliphatic carbocycles. The van der Waals surface area contributed by atoms with E-state index in [4.69, 9.17) is 9.47 Å². The maximum Gasteiger partial charge on any atom is 0.186 e. The van der Waals surface area contributed by atoms with Gasteiger partial charge in [-0.2, -0.15) is 0 Å². The first-order chi connectivity index (χ1) is 12.7. The Bertz CT molecular complexity index is 537. The molecule has 1 saturated heterocycles. The quantitative estimate of drug-likeness (QED) is 0.434. The summed E-state index contributed by atoms with van der Waals surface area (Å²) in [5.41, 5.74) is 1.54. The third kappa shape index (κ3) is 3.98. The molecule has 10 atom stereocenters. The number of hydrogen-bond donors (Lipinski definition) is 4. The van der Waals surface area contributed by atoms with Crippen molar-refractivity contribution in [3.63, 3.8) is 0 Å². The Morgan fingerprint density at radius 1 is 1.15 bits per heavy atom. The van der Waals surface area contributed by atoms with E-state index in [1.165, 1.54) is 12.0 Å². The zero-order valence-electron chi connectivity index (χ0n) is 16.8. The lowest BCUT2D eigenvalue weighted by Crippen LogP contribution is -2.60. The molecule has 156 valence electrons. The van der Waals surface area contributed by atoms with Crippen molar-refractivity contribution in [1.29, 1.82) is 0 Å². The number of fused-ring (bicyclic) bond motifs is 1. The van der Waals surface area contributed by atoms with Crippen molar-refractivity contribution < 1.29 is 29.9 Å². The normalized spacial score (nSPS) is 50.9. The lowest BCUT2D eigenvalue weighted by Gasteiger charge is -2.54. The Morgan fingerprint density at radius 3 is 2.48 bits per heavy atom. The van der Waals surface area contributed by atoms with Crippen LogP contribution >= 0.6 is 0 Å². The van der Waals surface area contributed by atoms with E-state index in [9.17, 15) is 20.4 Å². The van der Waals surface area contributed by atoms with E-state index in [0.29, 0.717) is 17.8 Å². The molecule has 0 aromatic carbocycles. The summed E-state index contributed by atoms with van der Waals surface area (Å²) in [5.74, 6) is 1.61. The zero-order chi connectivity index (χ0) is 19.9. The van der Waals surface area contributed by atoms with Crippen molar-refractivity contribution in [1.82, 2.24) is 0 Å². The molecule has 2 saturated carbocycles. The summed E-state index contributed by atoms with van der Waals surface area (Å²) < 4.78 is 11.6. The molecule has 0 bridgehead atoms.